The number of rotatable bonds is 9. The number of hydrogen-bond acceptors (Lipinski definition) is 4. The number of likely N-dealkylation sites (N-methyl/N-ethyl adjacent to an activating group) is 1. The van der Waals surface area contributed by atoms with Crippen LogP contribution in [-0.2, 0) is 4.79 Å². The predicted molar refractivity (Wildman–Crippen MR) is 63.9 cm³/mol. The van der Waals surface area contributed by atoms with Crippen LogP contribution in [0.4, 0.5) is 0 Å². The van der Waals surface area contributed by atoms with Gasteiger partial charge in [-0.1, -0.05) is 13.8 Å². The van der Waals surface area contributed by atoms with Crippen molar-refractivity contribution >= 4 is 5.91 Å². The molecule has 92 valence electrons. The molecule has 0 rings (SSSR count). The van der Waals surface area contributed by atoms with Crippen molar-refractivity contribution < 1.29 is 4.79 Å². The van der Waals surface area contributed by atoms with E-state index in [0.29, 0.717) is 0 Å². The lowest BCUT2D eigenvalue weighted by atomic mass is 10.4. The number of amides is 1. The van der Waals surface area contributed by atoms with Crippen LogP contribution >= 0.6 is 0 Å². The Morgan fingerprint density at radius 3 is 2.69 bits per heavy atom. The van der Waals surface area contributed by atoms with Crippen molar-refractivity contribution in [2.45, 2.75) is 20.3 Å². The molecule has 0 aromatic carbocycles. The van der Waals surface area contributed by atoms with Gasteiger partial charge in [0.1, 0.15) is 6.54 Å². The van der Waals surface area contributed by atoms with E-state index in [4.69, 9.17) is 5.26 Å². The molecule has 1 amide bonds. The number of nitriles is 1. The minimum absolute atomic E-state index is 0.0808. The molecule has 0 spiro atoms. The normalized spacial score (nSPS) is 10.1. The van der Waals surface area contributed by atoms with Gasteiger partial charge >= 0.3 is 0 Å². The second-order valence-electron chi connectivity index (χ2n) is 3.55. The van der Waals surface area contributed by atoms with Crippen LogP contribution < -0.4 is 10.6 Å². The van der Waals surface area contributed by atoms with Gasteiger partial charge in [-0.05, 0) is 19.5 Å². The zero-order valence-electron chi connectivity index (χ0n) is 10.3. The number of carbonyl (C=O) groups excluding carboxylic acids is 1. The van der Waals surface area contributed by atoms with Crippen LogP contribution in [0.25, 0.3) is 0 Å². The molecule has 16 heavy (non-hydrogen) atoms. The summed E-state index contributed by atoms with van der Waals surface area (Å²) in [5.41, 5.74) is 0. The van der Waals surface area contributed by atoms with E-state index in [1.807, 2.05) is 6.07 Å². The first kappa shape index (κ1) is 14.9. The summed E-state index contributed by atoms with van der Waals surface area (Å²) in [7, 11) is 0. The third kappa shape index (κ3) is 8.21. The van der Waals surface area contributed by atoms with E-state index in [1.165, 1.54) is 0 Å². The molecule has 0 aliphatic rings. The van der Waals surface area contributed by atoms with Crippen molar-refractivity contribution in [2.75, 3.05) is 39.3 Å². The minimum atomic E-state index is -0.125. The summed E-state index contributed by atoms with van der Waals surface area (Å²) in [6.45, 7) is 8.54. The molecule has 5 heteroatoms. The Morgan fingerprint density at radius 2 is 2.12 bits per heavy atom. The van der Waals surface area contributed by atoms with E-state index in [0.717, 1.165) is 32.6 Å². The first-order valence-corrected chi connectivity index (χ1v) is 5.81. The van der Waals surface area contributed by atoms with Crippen LogP contribution in [0.2, 0.25) is 0 Å². The van der Waals surface area contributed by atoms with Gasteiger partial charge in [0, 0.05) is 13.1 Å². The molecule has 0 aliphatic carbocycles. The average Bonchev–Trinajstić information content (AvgIpc) is 2.30. The second-order valence-corrected chi connectivity index (χ2v) is 3.55. The van der Waals surface area contributed by atoms with Crippen molar-refractivity contribution in [2.24, 2.45) is 0 Å². The lowest BCUT2D eigenvalue weighted by molar-refractivity contribution is -0.120. The molecular formula is C11H22N4O. The zero-order valence-corrected chi connectivity index (χ0v) is 10.3. The fraction of sp³-hybridized carbons (Fsp3) is 0.818. The van der Waals surface area contributed by atoms with Crippen LogP contribution in [0.15, 0.2) is 0 Å². The van der Waals surface area contributed by atoms with E-state index in [9.17, 15) is 4.79 Å². The minimum Gasteiger partial charge on any atom is -0.342 e. The molecule has 0 aliphatic heterocycles. The molecule has 0 atom stereocenters. The van der Waals surface area contributed by atoms with Gasteiger partial charge in [0.15, 0.2) is 0 Å². The maximum absolute atomic E-state index is 11.1. The van der Waals surface area contributed by atoms with E-state index in [1.54, 1.807) is 0 Å². The first-order chi connectivity index (χ1) is 7.74. The summed E-state index contributed by atoms with van der Waals surface area (Å²) in [6, 6.07) is 1.87. The number of nitrogens with zero attached hydrogens (tertiary/aromatic N) is 2. The molecular weight excluding hydrogens is 204 g/mol. The summed E-state index contributed by atoms with van der Waals surface area (Å²) in [5.74, 6) is -0.125. The topological polar surface area (TPSA) is 68.2 Å². The van der Waals surface area contributed by atoms with Gasteiger partial charge in [0.05, 0.1) is 12.6 Å². The molecule has 0 fully saturated rings. The van der Waals surface area contributed by atoms with E-state index < -0.39 is 0 Å². The Kier molecular flexibility index (Phi) is 9.67. The van der Waals surface area contributed by atoms with Gasteiger partial charge in [0.2, 0.25) is 5.91 Å². The highest BCUT2D eigenvalue weighted by atomic mass is 16.1. The van der Waals surface area contributed by atoms with E-state index in [2.05, 4.69) is 29.4 Å². The Labute approximate surface area is 97.8 Å². The predicted octanol–water partition coefficient (Wildman–Crippen LogP) is -0.0523. The molecule has 0 saturated heterocycles. The highest BCUT2D eigenvalue weighted by Gasteiger charge is 2.01. The molecule has 0 aromatic rings. The fourth-order valence-electron chi connectivity index (χ4n) is 1.38. The SMILES string of the molecule is CCCN(CC)CCNCC(=O)NCC#N. The third-order valence-electron chi connectivity index (χ3n) is 2.24. The van der Waals surface area contributed by atoms with Crippen molar-refractivity contribution in [3.63, 3.8) is 0 Å². The van der Waals surface area contributed by atoms with Gasteiger partial charge in [-0.2, -0.15) is 5.26 Å². The highest BCUT2D eigenvalue weighted by molar-refractivity contribution is 5.78. The quantitative estimate of drug-likeness (QED) is 0.427. The summed E-state index contributed by atoms with van der Waals surface area (Å²) in [5, 5.41) is 13.8. The van der Waals surface area contributed by atoms with Crippen molar-refractivity contribution in [1.29, 1.82) is 5.26 Å². The first-order valence-electron chi connectivity index (χ1n) is 5.81. The molecule has 0 saturated carbocycles. The Balaban J connectivity index is 3.44. The van der Waals surface area contributed by atoms with Gasteiger partial charge < -0.3 is 15.5 Å². The van der Waals surface area contributed by atoms with E-state index in [-0.39, 0.29) is 19.0 Å². The molecule has 0 bridgehead atoms. The molecule has 2 N–H and O–H groups in total. The van der Waals surface area contributed by atoms with Crippen molar-refractivity contribution in [3.8, 4) is 6.07 Å². The standard InChI is InChI=1S/C11H22N4O/c1-3-8-15(4-2)9-7-13-10-11(16)14-6-5-12/h13H,3-4,6-10H2,1-2H3,(H,14,16). The molecule has 0 heterocycles. The maximum Gasteiger partial charge on any atom is 0.234 e. The Hall–Kier alpha value is -1.12. The maximum atomic E-state index is 11.1. The van der Waals surface area contributed by atoms with Crippen molar-refractivity contribution in [1.82, 2.24) is 15.5 Å². The van der Waals surface area contributed by atoms with Crippen LogP contribution in [-0.4, -0.2) is 50.1 Å². The van der Waals surface area contributed by atoms with Gasteiger partial charge in [-0.15, -0.1) is 0 Å². The van der Waals surface area contributed by atoms with Crippen LogP contribution in [0.1, 0.15) is 20.3 Å². The van der Waals surface area contributed by atoms with Crippen LogP contribution in [0.3, 0.4) is 0 Å². The number of hydrogen-bond donors (Lipinski definition) is 2. The van der Waals surface area contributed by atoms with Gasteiger partial charge in [0.25, 0.3) is 0 Å². The lowest BCUT2D eigenvalue weighted by Gasteiger charge is -2.19. The number of nitrogens with one attached hydrogen (secondary N) is 2. The number of carbonyl (C=O) groups is 1. The van der Waals surface area contributed by atoms with Crippen LogP contribution in [0, 0.1) is 11.3 Å². The van der Waals surface area contributed by atoms with Crippen LogP contribution in [0.5, 0.6) is 0 Å². The Bertz CT molecular complexity index is 225. The molecule has 5 nitrogen and oxygen atoms in total. The van der Waals surface area contributed by atoms with Crippen molar-refractivity contribution in [3.05, 3.63) is 0 Å². The second kappa shape index (κ2) is 10.4. The smallest absolute Gasteiger partial charge is 0.234 e. The third-order valence-corrected chi connectivity index (χ3v) is 2.24. The van der Waals surface area contributed by atoms with Gasteiger partial charge in [-0.25, -0.2) is 0 Å². The fourth-order valence-corrected chi connectivity index (χ4v) is 1.38. The largest absolute Gasteiger partial charge is 0.342 e. The zero-order chi connectivity index (χ0) is 12.2. The van der Waals surface area contributed by atoms with Gasteiger partial charge in [-0.3, -0.25) is 4.79 Å². The summed E-state index contributed by atoms with van der Waals surface area (Å²) >= 11 is 0. The molecule has 0 radical (unpaired) electrons. The molecule has 0 unspecified atom stereocenters. The molecule has 0 aromatic heterocycles. The monoisotopic (exact) mass is 226 g/mol. The van der Waals surface area contributed by atoms with E-state index >= 15 is 0 Å². The highest BCUT2D eigenvalue weighted by Crippen LogP contribution is 1.88. The summed E-state index contributed by atoms with van der Waals surface area (Å²) in [4.78, 5) is 13.4. The summed E-state index contributed by atoms with van der Waals surface area (Å²) in [6.07, 6.45) is 1.15. The summed E-state index contributed by atoms with van der Waals surface area (Å²) < 4.78 is 0. The Morgan fingerprint density at radius 1 is 1.38 bits per heavy atom. The lowest BCUT2D eigenvalue weighted by Crippen LogP contribution is -2.38. The average molecular weight is 226 g/mol.